The number of nitrogens with one attached hydrogen (secondary N) is 2. The van der Waals surface area contributed by atoms with Gasteiger partial charge in [-0.3, -0.25) is 9.59 Å². The summed E-state index contributed by atoms with van der Waals surface area (Å²) in [7, 11) is 0. The van der Waals surface area contributed by atoms with Gasteiger partial charge in [0, 0.05) is 13.0 Å². The zero-order valence-electron chi connectivity index (χ0n) is 13.5. The van der Waals surface area contributed by atoms with Crippen LogP contribution in [0.5, 0.6) is 0 Å². The molecule has 0 atom stereocenters. The maximum absolute atomic E-state index is 12.2. The normalized spacial score (nSPS) is 10.2. The third kappa shape index (κ3) is 5.62. The van der Waals surface area contributed by atoms with Gasteiger partial charge in [0.15, 0.2) is 0 Å². The van der Waals surface area contributed by atoms with Crippen molar-refractivity contribution in [3.8, 4) is 0 Å². The van der Waals surface area contributed by atoms with Crippen molar-refractivity contribution in [3.05, 3.63) is 76.3 Å². The molecule has 0 aliphatic heterocycles. The summed E-state index contributed by atoms with van der Waals surface area (Å²) in [5.41, 5.74) is 1.80. The number of anilines is 1. The van der Waals surface area contributed by atoms with Crippen LogP contribution in [-0.2, 0) is 11.2 Å². The summed E-state index contributed by atoms with van der Waals surface area (Å²) < 4.78 is 0. The van der Waals surface area contributed by atoms with Crippen molar-refractivity contribution in [2.75, 3.05) is 11.9 Å². The summed E-state index contributed by atoms with van der Waals surface area (Å²) in [5, 5.41) is 6.42. The zero-order valence-corrected chi connectivity index (χ0v) is 15.0. The third-order valence-corrected chi connectivity index (χ3v) is 4.22. The van der Waals surface area contributed by atoms with Crippen molar-refractivity contribution in [1.82, 2.24) is 5.32 Å². The van der Waals surface area contributed by atoms with E-state index in [1.807, 2.05) is 6.07 Å². The summed E-state index contributed by atoms with van der Waals surface area (Å²) in [6.07, 6.45) is 2.38. The van der Waals surface area contributed by atoms with E-state index < -0.39 is 0 Å². The maximum atomic E-state index is 12.2. The fraction of sp³-hybridized carbons (Fsp3) is 0.158. The predicted octanol–water partition coefficient (Wildman–Crippen LogP) is 4.48. The molecule has 2 amide bonds. The summed E-state index contributed by atoms with van der Waals surface area (Å²) in [5.74, 6) is -0.449. The summed E-state index contributed by atoms with van der Waals surface area (Å²) in [6, 6.07) is 12.1. The van der Waals surface area contributed by atoms with Crippen LogP contribution < -0.4 is 10.6 Å². The molecule has 0 unspecified atom stereocenters. The lowest BCUT2D eigenvalue weighted by Crippen LogP contribution is -2.25. The van der Waals surface area contributed by atoms with E-state index in [1.54, 1.807) is 42.5 Å². The van der Waals surface area contributed by atoms with Crippen molar-refractivity contribution < 1.29 is 9.59 Å². The van der Waals surface area contributed by atoms with Gasteiger partial charge >= 0.3 is 0 Å². The molecule has 0 radical (unpaired) electrons. The van der Waals surface area contributed by atoms with E-state index in [0.717, 1.165) is 5.56 Å². The maximum Gasteiger partial charge on any atom is 0.253 e. The van der Waals surface area contributed by atoms with Crippen molar-refractivity contribution in [1.29, 1.82) is 0 Å². The van der Waals surface area contributed by atoms with E-state index in [2.05, 4.69) is 17.2 Å². The molecule has 4 nitrogen and oxygen atoms in total. The summed E-state index contributed by atoms with van der Waals surface area (Å²) in [6.45, 7) is 3.92. The molecule has 130 valence electrons. The highest BCUT2D eigenvalue weighted by atomic mass is 35.5. The molecule has 0 aliphatic rings. The number of amides is 2. The minimum absolute atomic E-state index is 0.185. The Morgan fingerprint density at radius 3 is 2.56 bits per heavy atom. The molecular formula is C19H18Cl2N2O2. The van der Waals surface area contributed by atoms with Gasteiger partial charge in [-0.2, -0.15) is 0 Å². The first-order valence-corrected chi connectivity index (χ1v) is 8.48. The van der Waals surface area contributed by atoms with E-state index in [0.29, 0.717) is 34.3 Å². The van der Waals surface area contributed by atoms with E-state index >= 15 is 0 Å². The number of aryl methyl sites for hydroxylation is 1. The van der Waals surface area contributed by atoms with Gasteiger partial charge in [0.1, 0.15) is 0 Å². The molecule has 0 bridgehead atoms. The predicted molar refractivity (Wildman–Crippen MR) is 102 cm³/mol. The molecule has 2 aromatic rings. The number of benzene rings is 2. The first kappa shape index (κ1) is 19.0. The Labute approximate surface area is 156 Å². The van der Waals surface area contributed by atoms with Gasteiger partial charge in [-0.15, -0.1) is 6.58 Å². The van der Waals surface area contributed by atoms with Crippen LogP contribution >= 0.6 is 23.2 Å². The van der Waals surface area contributed by atoms with Crippen molar-refractivity contribution >= 4 is 40.7 Å². The molecule has 0 fully saturated rings. The zero-order chi connectivity index (χ0) is 18.2. The Balaban J connectivity index is 1.99. The van der Waals surface area contributed by atoms with Gasteiger partial charge in [0.25, 0.3) is 5.91 Å². The second-order valence-electron chi connectivity index (χ2n) is 5.34. The smallest absolute Gasteiger partial charge is 0.253 e. The lowest BCUT2D eigenvalue weighted by molar-refractivity contribution is -0.116. The van der Waals surface area contributed by atoms with E-state index in [-0.39, 0.29) is 18.2 Å². The fourth-order valence-corrected chi connectivity index (χ4v) is 2.54. The molecule has 0 aliphatic carbocycles. The highest BCUT2D eigenvalue weighted by molar-refractivity contribution is 6.42. The van der Waals surface area contributed by atoms with Crippen molar-refractivity contribution in [2.45, 2.75) is 12.8 Å². The lowest BCUT2D eigenvalue weighted by Gasteiger charge is -2.11. The number of halogens is 2. The van der Waals surface area contributed by atoms with Crippen LogP contribution in [0.25, 0.3) is 0 Å². The number of carbonyl (C=O) groups is 2. The second kappa shape index (κ2) is 9.25. The van der Waals surface area contributed by atoms with Crippen LogP contribution in [0.15, 0.2) is 55.1 Å². The standard InChI is InChI=1S/C19H18Cl2N2O2/c1-2-11-22-19(25)14-5-3-4-6-17(14)23-18(24)10-8-13-7-9-15(20)16(21)12-13/h2-7,9,12H,1,8,10-11H2,(H,22,25)(H,23,24). The minimum Gasteiger partial charge on any atom is -0.349 e. The van der Waals surface area contributed by atoms with E-state index in [4.69, 9.17) is 23.2 Å². The van der Waals surface area contributed by atoms with Crippen LogP contribution in [0, 0.1) is 0 Å². The first-order valence-electron chi connectivity index (χ1n) is 7.73. The number of hydrogen-bond donors (Lipinski definition) is 2. The van der Waals surface area contributed by atoms with Gasteiger partial charge in [-0.05, 0) is 36.2 Å². The number of hydrogen-bond acceptors (Lipinski definition) is 2. The van der Waals surface area contributed by atoms with Gasteiger partial charge in [0.05, 0.1) is 21.3 Å². The molecule has 0 spiro atoms. The minimum atomic E-state index is -0.264. The average molecular weight is 377 g/mol. The highest BCUT2D eigenvalue weighted by Gasteiger charge is 2.12. The quantitative estimate of drug-likeness (QED) is 0.699. The molecule has 0 heterocycles. The molecule has 2 aromatic carbocycles. The highest BCUT2D eigenvalue weighted by Crippen LogP contribution is 2.23. The molecule has 25 heavy (non-hydrogen) atoms. The molecular weight excluding hydrogens is 359 g/mol. The summed E-state index contributed by atoms with van der Waals surface area (Å²) >= 11 is 11.9. The van der Waals surface area contributed by atoms with Crippen molar-refractivity contribution in [3.63, 3.8) is 0 Å². The van der Waals surface area contributed by atoms with Crippen LogP contribution in [-0.4, -0.2) is 18.4 Å². The lowest BCUT2D eigenvalue weighted by atomic mass is 10.1. The van der Waals surface area contributed by atoms with Gasteiger partial charge in [-0.1, -0.05) is 47.5 Å². The molecule has 6 heteroatoms. The molecule has 2 rings (SSSR count). The Bertz CT molecular complexity index is 791. The number of rotatable bonds is 7. The topological polar surface area (TPSA) is 58.2 Å². The third-order valence-electron chi connectivity index (χ3n) is 3.48. The van der Waals surface area contributed by atoms with Gasteiger partial charge in [0.2, 0.25) is 5.91 Å². The Morgan fingerprint density at radius 2 is 1.84 bits per heavy atom. The molecule has 0 saturated carbocycles. The van der Waals surface area contributed by atoms with Crippen LogP contribution in [0.3, 0.4) is 0 Å². The second-order valence-corrected chi connectivity index (χ2v) is 6.16. The fourth-order valence-electron chi connectivity index (χ4n) is 2.22. The SMILES string of the molecule is C=CCNC(=O)c1ccccc1NC(=O)CCc1ccc(Cl)c(Cl)c1. The van der Waals surface area contributed by atoms with Crippen LogP contribution in [0.1, 0.15) is 22.3 Å². The Hall–Kier alpha value is -2.30. The first-order chi connectivity index (χ1) is 12.0. The average Bonchev–Trinajstić information content (AvgIpc) is 2.61. The Morgan fingerprint density at radius 1 is 1.08 bits per heavy atom. The van der Waals surface area contributed by atoms with Crippen molar-refractivity contribution in [2.24, 2.45) is 0 Å². The van der Waals surface area contributed by atoms with Crippen LogP contribution in [0.4, 0.5) is 5.69 Å². The largest absolute Gasteiger partial charge is 0.349 e. The van der Waals surface area contributed by atoms with Gasteiger partial charge < -0.3 is 10.6 Å². The summed E-state index contributed by atoms with van der Waals surface area (Å²) in [4.78, 5) is 24.3. The van der Waals surface area contributed by atoms with Crippen LogP contribution in [0.2, 0.25) is 10.0 Å². The number of para-hydroxylation sites is 1. The molecule has 0 saturated heterocycles. The molecule has 2 N–H and O–H groups in total. The van der Waals surface area contributed by atoms with E-state index in [1.165, 1.54) is 0 Å². The Kier molecular flexibility index (Phi) is 7.04. The van der Waals surface area contributed by atoms with E-state index in [9.17, 15) is 9.59 Å². The number of carbonyl (C=O) groups excluding carboxylic acids is 2. The molecule has 0 aromatic heterocycles. The monoisotopic (exact) mass is 376 g/mol. The van der Waals surface area contributed by atoms with Gasteiger partial charge in [-0.25, -0.2) is 0 Å².